The van der Waals surface area contributed by atoms with Crippen molar-refractivity contribution in [2.45, 2.75) is 26.7 Å². The topological polar surface area (TPSA) is 36.7 Å². The standard InChI is InChI=1S/C10H12N2/c1-7(2)10-5-4-9(6-11)8(3)12-10/h4-5,7H,1-3H3. The summed E-state index contributed by atoms with van der Waals surface area (Å²) in [5, 5.41) is 8.66. The molecule has 2 nitrogen and oxygen atoms in total. The largest absolute Gasteiger partial charge is 0.257 e. The minimum atomic E-state index is 0.427. The zero-order chi connectivity index (χ0) is 9.14. The summed E-state index contributed by atoms with van der Waals surface area (Å²) in [6.45, 7) is 6.05. The molecule has 0 spiro atoms. The van der Waals surface area contributed by atoms with Gasteiger partial charge in [0.1, 0.15) is 6.07 Å². The third-order valence-electron chi connectivity index (χ3n) is 1.82. The second kappa shape index (κ2) is 3.36. The van der Waals surface area contributed by atoms with Crippen LogP contribution in [0.1, 0.15) is 36.7 Å². The van der Waals surface area contributed by atoms with Crippen LogP contribution in [0.3, 0.4) is 0 Å². The molecule has 1 aromatic rings. The average Bonchev–Trinajstić information content (AvgIpc) is 2.04. The highest BCUT2D eigenvalue weighted by atomic mass is 14.7. The Morgan fingerprint density at radius 1 is 1.42 bits per heavy atom. The van der Waals surface area contributed by atoms with Crippen LogP contribution >= 0.6 is 0 Å². The van der Waals surface area contributed by atoms with Crippen molar-refractivity contribution in [1.29, 1.82) is 5.26 Å². The molecule has 12 heavy (non-hydrogen) atoms. The average molecular weight is 160 g/mol. The number of hydrogen-bond acceptors (Lipinski definition) is 2. The number of nitrogens with zero attached hydrogens (tertiary/aromatic N) is 2. The number of rotatable bonds is 1. The Morgan fingerprint density at radius 3 is 2.50 bits per heavy atom. The van der Waals surface area contributed by atoms with E-state index in [-0.39, 0.29) is 0 Å². The lowest BCUT2D eigenvalue weighted by atomic mass is 10.1. The van der Waals surface area contributed by atoms with E-state index in [9.17, 15) is 0 Å². The van der Waals surface area contributed by atoms with E-state index in [1.54, 1.807) is 0 Å². The highest BCUT2D eigenvalue weighted by molar-refractivity contribution is 5.33. The van der Waals surface area contributed by atoms with Gasteiger partial charge in [0.25, 0.3) is 0 Å². The van der Waals surface area contributed by atoms with Crippen LogP contribution in [-0.4, -0.2) is 4.98 Å². The quantitative estimate of drug-likeness (QED) is 0.632. The summed E-state index contributed by atoms with van der Waals surface area (Å²) < 4.78 is 0. The van der Waals surface area contributed by atoms with Crippen LogP contribution in [-0.2, 0) is 0 Å². The van der Waals surface area contributed by atoms with Gasteiger partial charge in [-0.3, -0.25) is 4.98 Å². The summed E-state index contributed by atoms with van der Waals surface area (Å²) in [6, 6.07) is 5.84. The van der Waals surface area contributed by atoms with Crippen molar-refractivity contribution in [3.05, 3.63) is 29.1 Å². The molecule has 0 N–H and O–H groups in total. The van der Waals surface area contributed by atoms with E-state index < -0.39 is 0 Å². The fraction of sp³-hybridized carbons (Fsp3) is 0.400. The van der Waals surface area contributed by atoms with Crippen LogP contribution in [0.15, 0.2) is 12.1 Å². The molecule has 2 heteroatoms. The van der Waals surface area contributed by atoms with Gasteiger partial charge >= 0.3 is 0 Å². The molecular formula is C10H12N2. The Balaban J connectivity index is 3.12. The molecule has 0 saturated carbocycles. The van der Waals surface area contributed by atoms with Crippen molar-refractivity contribution in [2.24, 2.45) is 0 Å². The second-order valence-electron chi connectivity index (χ2n) is 3.14. The summed E-state index contributed by atoms with van der Waals surface area (Å²) in [5.74, 6) is 0.427. The van der Waals surface area contributed by atoms with E-state index in [1.807, 2.05) is 19.1 Å². The van der Waals surface area contributed by atoms with Gasteiger partial charge in [0.05, 0.1) is 11.3 Å². The van der Waals surface area contributed by atoms with Gasteiger partial charge in [0.15, 0.2) is 0 Å². The summed E-state index contributed by atoms with van der Waals surface area (Å²) >= 11 is 0. The Bertz CT molecular complexity index is 321. The summed E-state index contributed by atoms with van der Waals surface area (Å²) in [6.07, 6.45) is 0. The summed E-state index contributed by atoms with van der Waals surface area (Å²) in [5.41, 5.74) is 2.54. The molecular weight excluding hydrogens is 148 g/mol. The number of aryl methyl sites for hydroxylation is 1. The van der Waals surface area contributed by atoms with Crippen LogP contribution in [0.5, 0.6) is 0 Å². The first-order chi connectivity index (χ1) is 5.65. The lowest BCUT2D eigenvalue weighted by Gasteiger charge is -2.05. The van der Waals surface area contributed by atoms with E-state index in [1.165, 1.54) is 0 Å². The fourth-order valence-corrected chi connectivity index (χ4v) is 1.02. The second-order valence-corrected chi connectivity index (χ2v) is 3.14. The van der Waals surface area contributed by atoms with Crippen molar-refractivity contribution >= 4 is 0 Å². The van der Waals surface area contributed by atoms with Gasteiger partial charge in [-0.15, -0.1) is 0 Å². The zero-order valence-corrected chi connectivity index (χ0v) is 7.63. The van der Waals surface area contributed by atoms with Gasteiger partial charge < -0.3 is 0 Å². The molecule has 1 heterocycles. The van der Waals surface area contributed by atoms with Crippen molar-refractivity contribution < 1.29 is 0 Å². The Kier molecular flexibility index (Phi) is 2.44. The van der Waals surface area contributed by atoms with E-state index >= 15 is 0 Å². The minimum absolute atomic E-state index is 0.427. The molecule has 0 saturated heterocycles. The molecule has 0 aliphatic rings. The highest BCUT2D eigenvalue weighted by Crippen LogP contribution is 2.13. The minimum Gasteiger partial charge on any atom is -0.257 e. The normalized spacial score (nSPS) is 9.92. The Hall–Kier alpha value is -1.36. The smallest absolute Gasteiger partial charge is 0.101 e. The van der Waals surface area contributed by atoms with Crippen LogP contribution < -0.4 is 0 Å². The number of aromatic nitrogens is 1. The van der Waals surface area contributed by atoms with Gasteiger partial charge in [-0.25, -0.2) is 0 Å². The Morgan fingerprint density at radius 2 is 2.08 bits per heavy atom. The van der Waals surface area contributed by atoms with Crippen LogP contribution in [0, 0.1) is 18.3 Å². The van der Waals surface area contributed by atoms with Crippen LogP contribution in [0.25, 0.3) is 0 Å². The molecule has 62 valence electrons. The third kappa shape index (κ3) is 1.62. The third-order valence-corrected chi connectivity index (χ3v) is 1.82. The highest BCUT2D eigenvalue weighted by Gasteiger charge is 2.03. The van der Waals surface area contributed by atoms with Gasteiger partial charge in [-0.05, 0) is 25.0 Å². The SMILES string of the molecule is Cc1nc(C(C)C)ccc1C#N. The molecule has 1 rings (SSSR count). The monoisotopic (exact) mass is 160 g/mol. The van der Waals surface area contributed by atoms with E-state index in [0.29, 0.717) is 11.5 Å². The molecule has 0 atom stereocenters. The molecule has 0 fully saturated rings. The van der Waals surface area contributed by atoms with E-state index in [4.69, 9.17) is 5.26 Å². The summed E-state index contributed by atoms with van der Waals surface area (Å²) in [4.78, 5) is 4.32. The van der Waals surface area contributed by atoms with Crippen molar-refractivity contribution in [1.82, 2.24) is 4.98 Å². The molecule has 0 amide bonds. The fourth-order valence-electron chi connectivity index (χ4n) is 1.02. The maximum Gasteiger partial charge on any atom is 0.101 e. The molecule has 0 aromatic carbocycles. The molecule has 0 radical (unpaired) electrons. The molecule has 0 aliphatic carbocycles. The van der Waals surface area contributed by atoms with Gasteiger partial charge in [0.2, 0.25) is 0 Å². The summed E-state index contributed by atoms with van der Waals surface area (Å²) in [7, 11) is 0. The van der Waals surface area contributed by atoms with Gasteiger partial charge in [0, 0.05) is 5.69 Å². The number of nitriles is 1. The van der Waals surface area contributed by atoms with Crippen LogP contribution in [0.2, 0.25) is 0 Å². The van der Waals surface area contributed by atoms with Gasteiger partial charge in [-0.2, -0.15) is 5.26 Å². The first-order valence-electron chi connectivity index (χ1n) is 4.02. The van der Waals surface area contributed by atoms with Gasteiger partial charge in [-0.1, -0.05) is 13.8 Å². The number of hydrogen-bond donors (Lipinski definition) is 0. The predicted molar refractivity (Wildman–Crippen MR) is 47.8 cm³/mol. The molecule has 1 aromatic heterocycles. The predicted octanol–water partition coefficient (Wildman–Crippen LogP) is 2.39. The first-order valence-corrected chi connectivity index (χ1v) is 4.02. The molecule has 0 bridgehead atoms. The Labute approximate surface area is 72.9 Å². The lowest BCUT2D eigenvalue weighted by Crippen LogP contribution is -1.96. The zero-order valence-electron chi connectivity index (χ0n) is 7.63. The lowest BCUT2D eigenvalue weighted by molar-refractivity contribution is 0.814. The molecule has 0 aliphatic heterocycles. The van der Waals surface area contributed by atoms with E-state index in [0.717, 1.165) is 11.4 Å². The van der Waals surface area contributed by atoms with Crippen LogP contribution in [0.4, 0.5) is 0 Å². The van der Waals surface area contributed by atoms with Crippen molar-refractivity contribution in [3.63, 3.8) is 0 Å². The van der Waals surface area contributed by atoms with E-state index in [2.05, 4.69) is 24.9 Å². The van der Waals surface area contributed by atoms with Crippen molar-refractivity contribution in [3.8, 4) is 6.07 Å². The molecule has 0 unspecified atom stereocenters. The first kappa shape index (κ1) is 8.73. The van der Waals surface area contributed by atoms with Crippen molar-refractivity contribution in [2.75, 3.05) is 0 Å². The maximum atomic E-state index is 8.66. The number of pyridine rings is 1. The maximum absolute atomic E-state index is 8.66.